The quantitative estimate of drug-likeness (QED) is 0.725. The first kappa shape index (κ1) is 19.0. The molecule has 1 atom stereocenters. The molecule has 2 aromatic rings. The summed E-state index contributed by atoms with van der Waals surface area (Å²) in [5, 5.41) is 8.97. The standard InChI is InChI=1S/C22H28O3/c1-6-15(2)19-13-18(22(3,4)5)11-12-20(19)25-14-16-7-9-17(10-8-16)21(23)24/h7-13,15H,6,14H2,1-5H3,(H,23,24). The molecule has 1 N–H and O–H groups in total. The molecule has 0 aliphatic carbocycles. The molecule has 3 heteroatoms. The van der Waals surface area contributed by atoms with Crippen LogP contribution in [0.2, 0.25) is 0 Å². The van der Waals surface area contributed by atoms with Gasteiger partial charge in [-0.25, -0.2) is 4.79 Å². The van der Waals surface area contributed by atoms with Crippen LogP contribution in [-0.2, 0) is 12.0 Å². The summed E-state index contributed by atoms with van der Waals surface area (Å²) in [7, 11) is 0. The number of carboxylic acid groups (broad SMARTS) is 1. The topological polar surface area (TPSA) is 46.5 Å². The fourth-order valence-corrected chi connectivity index (χ4v) is 2.66. The van der Waals surface area contributed by atoms with Crippen molar-refractivity contribution in [3.8, 4) is 5.75 Å². The summed E-state index contributed by atoms with van der Waals surface area (Å²) in [5.41, 5.74) is 3.89. The molecule has 0 aromatic heterocycles. The van der Waals surface area contributed by atoms with E-state index in [1.807, 2.05) is 0 Å². The Kier molecular flexibility index (Phi) is 5.89. The average Bonchev–Trinajstić information content (AvgIpc) is 2.58. The number of aromatic carboxylic acids is 1. The molecule has 0 aliphatic rings. The van der Waals surface area contributed by atoms with Crippen molar-refractivity contribution in [2.75, 3.05) is 0 Å². The monoisotopic (exact) mass is 340 g/mol. The smallest absolute Gasteiger partial charge is 0.335 e. The van der Waals surface area contributed by atoms with Crippen LogP contribution in [0.4, 0.5) is 0 Å². The zero-order chi connectivity index (χ0) is 18.6. The van der Waals surface area contributed by atoms with Crippen LogP contribution in [-0.4, -0.2) is 11.1 Å². The van der Waals surface area contributed by atoms with Gasteiger partial charge in [-0.3, -0.25) is 0 Å². The summed E-state index contributed by atoms with van der Waals surface area (Å²) in [6, 6.07) is 13.3. The Bertz CT molecular complexity index is 724. The van der Waals surface area contributed by atoms with E-state index >= 15 is 0 Å². The van der Waals surface area contributed by atoms with Crippen LogP contribution in [0.25, 0.3) is 0 Å². The van der Waals surface area contributed by atoms with Crippen molar-refractivity contribution in [2.24, 2.45) is 0 Å². The molecule has 134 valence electrons. The van der Waals surface area contributed by atoms with Gasteiger partial charge in [-0.15, -0.1) is 0 Å². The molecule has 0 saturated heterocycles. The maximum atomic E-state index is 10.9. The summed E-state index contributed by atoms with van der Waals surface area (Å²) in [6.45, 7) is 11.5. The minimum Gasteiger partial charge on any atom is -0.489 e. The molecule has 0 amide bonds. The maximum Gasteiger partial charge on any atom is 0.335 e. The van der Waals surface area contributed by atoms with Crippen molar-refractivity contribution < 1.29 is 14.6 Å². The van der Waals surface area contributed by atoms with E-state index in [0.717, 1.165) is 17.7 Å². The molecule has 1 unspecified atom stereocenters. The molecular formula is C22H28O3. The number of hydrogen-bond donors (Lipinski definition) is 1. The van der Waals surface area contributed by atoms with E-state index in [4.69, 9.17) is 9.84 Å². The Labute approximate surface area is 150 Å². The first-order chi connectivity index (χ1) is 11.7. The van der Waals surface area contributed by atoms with Gasteiger partial charge in [-0.2, -0.15) is 0 Å². The number of carboxylic acids is 1. The van der Waals surface area contributed by atoms with E-state index < -0.39 is 5.97 Å². The molecule has 0 saturated carbocycles. The van der Waals surface area contributed by atoms with Gasteiger partial charge in [0.05, 0.1) is 5.56 Å². The van der Waals surface area contributed by atoms with Gasteiger partial charge in [-0.05, 0) is 52.6 Å². The highest BCUT2D eigenvalue weighted by atomic mass is 16.5. The second-order valence-corrected chi connectivity index (χ2v) is 7.60. The fraction of sp³-hybridized carbons (Fsp3) is 0.409. The number of ether oxygens (including phenoxy) is 1. The second-order valence-electron chi connectivity index (χ2n) is 7.60. The van der Waals surface area contributed by atoms with Gasteiger partial charge in [0.1, 0.15) is 12.4 Å². The van der Waals surface area contributed by atoms with Gasteiger partial charge in [0.15, 0.2) is 0 Å². The normalized spacial score (nSPS) is 12.7. The Morgan fingerprint density at radius 2 is 1.76 bits per heavy atom. The van der Waals surface area contributed by atoms with Gasteiger partial charge in [-0.1, -0.05) is 58.9 Å². The Balaban J connectivity index is 2.21. The number of carbonyl (C=O) groups is 1. The van der Waals surface area contributed by atoms with Crippen LogP contribution >= 0.6 is 0 Å². The molecular weight excluding hydrogens is 312 g/mol. The van der Waals surface area contributed by atoms with E-state index in [1.54, 1.807) is 24.3 Å². The second kappa shape index (κ2) is 7.73. The summed E-state index contributed by atoms with van der Waals surface area (Å²) in [5.74, 6) is 0.417. The third-order valence-electron chi connectivity index (χ3n) is 4.61. The highest BCUT2D eigenvalue weighted by molar-refractivity contribution is 5.87. The average molecular weight is 340 g/mol. The van der Waals surface area contributed by atoms with Crippen molar-refractivity contribution in [2.45, 2.75) is 59.0 Å². The molecule has 0 radical (unpaired) electrons. The number of benzene rings is 2. The minimum atomic E-state index is -0.913. The number of rotatable bonds is 6. The van der Waals surface area contributed by atoms with E-state index in [1.165, 1.54) is 11.1 Å². The van der Waals surface area contributed by atoms with Crippen LogP contribution in [0, 0.1) is 0 Å². The lowest BCUT2D eigenvalue weighted by molar-refractivity contribution is 0.0697. The van der Waals surface area contributed by atoms with Crippen molar-refractivity contribution in [3.05, 3.63) is 64.7 Å². The van der Waals surface area contributed by atoms with Crippen LogP contribution in [0.1, 0.15) is 74.0 Å². The summed E-state index contributed by atoms with van der Waals surface area (Å²) < 4.78 is 6.07. The Hall–Kier alpha value is -2.29. The van der Waals surface area contributed by atoms with Crippen molar-refractivity contribution in [1.29, 1.82) is 0 Å². The van der Waals surface area contributed by atoms with E-state index in [2.05, 4.69) is 52.8 Å². The largest absolute Gasteiger partial charge is 0.489 e. The molecule has 2 aromatic carbocycles. The van der Waals surface area contributed by atoms with E-state index in [0.29, 0.717) is 18.1 Å². The van der Waals surface area contributed by atoms with Crippen LogP contribution in [0.15, 0.2) is 42.5 Å². The lowest BCUT2D eigenvalue weighted by atomic mass is 9.84. The van der Waals surface area contributed by atoms with Crippen LogP contribution in [0.5, 0.6) is 5.75 Å². The van der Waals surface area contributed by atoms with E-state index in [9.17, 15) is 4.79 Å². The van der Waals surface area contributed by atoms with Crippen molar-refractivity contribution in [1.82, 2.24) is 0 Å². The van der Waals surface area contributed by atoms with Gasteiger partial charge in [0, 0.05) is 0 Å². The lowest BCUT2D eigenvalue weighted by Gasteiger charge is -2.23. The highest BCUT2D eigenvalue weighted by Crippen LogP contribution is 2.34. The minimum absolute atomic E-state index is 0.105. The molecule has 0 fully saturated rings. The molecule has 25 heavy (non-hydrogen) atoms. The van der Waals surface area contributed by atoms with Gasteiger partial charge in [0.2, 0.25) is 0 Å². The summed E-state index contributed by atoms with van der Waals surface area (Å²) in [6.07, 6.45) is 1.05. The Morgan fingerprint density at radius 3 is 2.28 bits per heavy atom. The summed E-state index contributed by atoms with van der Waals surface area (Å²) >= 11 is 0. The van der Waals surface area contributed by atoms with E-state index in [-0.39, 0.29) is 5.41 Å². The first-order valence-corrected chi connectivity index (χ1v) is 8.81. The molecule has 2 rings (SSSR count). The van der Waals surface area contributed by atoms with Gasteiger partial charge in [0.25, 0.3) is 0 Å². The molecule has 0 aliphatic heterocycles. The van der Waals surface area contributed by atoms with Gasteiger partial charge >= 0.3 is 5.97 Å². The third-order valence-corrected chi connectivity index (χ3v) is 4.61. The molecule has 0 bridgehead atoms. The van der Waals surface area contributed by atoms with Crippen LogP contribution < -0.4 is 4.74 Å². The maximum absolute atomic E-state index is 10.9. The SMILES string of the molecule is CCC(C)c1cc(C(C)(C)C)ccc1OCc1ccc(C(=O)O)cc1. The lowest BCUT2D eigenvalue weighted by Crippen LogP contribution is -2.12. The number of hydrogen-bond acceptors (Lipinski definition) is 2. The highest BCUT2D eigenvalue weighted by Gasteiger charge is 2.18. The van der Waals surface area contributed by atoms with Crippen LogP contribution in [0.3, 0.4) is 0 Å². The predicted octanol–water partition coefficient (Wildman–Crippen LogP) is 5.77. The molecule has 0 spiro atoms. The van der Waals surface area contributed by atoms with Crippen molar-refractivity contribution >= 4 is 5.97 Å². The Morgan fingerprint density at radius 1 is 1.12 bits per heavy atom. The molecule has 0 heterocycles. The summed E-state index contributed by atoms with van der Waals surface area (Å²) in [4.78, 5) is 10.9. The van der Waals surface area contributed by atoms with Crippen molar-refractivity contribution in [3.63, 3.8) is 0 Å². The fourth-order valence-electron chi connectivity index (χ4n) is 2.66. The zero-order valence-electron chi connectivity index (χ0n) is 15.8. The zero-order valence-corrected chi connectivity index (χ0v) is 15.8. The molecule has 3 nitrogen and oxygen atoms in total. The predicted molar refractivity (Wildman–Crippen MR) is 102 cm³/mol. The first-order valence-electron chi connectivity index (χ1n) is 8.81. The third kappa shape index (κ3) is 4.85. The van der Waals surface area contributed by atoms with Gasteiger partial charge < -0.3 is 9.84 Å².